The van der Waals surface area contributed by atoms with Crippen molar-refractivity contribution in [3.63, 3.8) is 0 Å². The van der Waals surface area contributed by atoms with Gasteiger partial charge in [-0.05, 0) is 43.7 Å². The van der Waals surface area contributed by atoms with Crippen molar-refractivity contribution in [2.75, 3.05) is 0 Å². The lowest BCUT2D eigenvalue weighted by Gasteiger charge is -2.11. The van der Waals surface area contributed by atoms with Crippen LogP contribution in [0.25, 0.3) is 0 Å². The van der Waals surface area contributed by atoms with Gasteiger partial charge in [0.05, 0.1) is 5.56 Å². The van der Waals surface area contributed by atoms with Crippen molar-refractivity contribution in [2.45, 2.75) is 20.5 Å². The third-order valence-electron chi connectivity index (χ3n) is 2.91. The van der Waals surface area contributed by atoms with Gasteiger partial charge in [0.15, 0.2) is 5.78 Å². The lowest BCUT2D eigenvalue weighted by molar-refractivity contribution is 0.101. The third kappa shape index (κ3) is 3.20. The van der Waals surface area contributed by atoms with Gasteiger partial charge in [-0.25, -0.2) is 8.78 Å². The van der Waals surface area contributed by atoms with Crippen molar-refractivity contribution in [3.8, 4) is 5.75 Å². The van der Waals surface area contributed by atoms with E-state index in [1.165, 1.54) is 19.1 Å². The molecule has 0 unspecified atom stereocenters. The first-order chi connectivity index (χ1) is 9.47. The first kappa shape index (κ1) is 14.2. The summed E-state index contributed by atoms with van der Waals surface area (Å²) in [5.74, 6) is -1.02. The number of ketones is 1. The van der Waals surface area contributed by atoms with Crippen LogP contribution in [0.1, 0.15) is 28.4 Å². The molecule has 0 heterocycles. The molecule has 2 rings (SSSR count). The van der Waals surface area contributed by atoms with Crippen LogP contribution in [-0.2, 0) is 6.61 Å². The number of Topliss-reactive ketones (excluding diaryl/α,β-unsaturated/α-hetero) is 1. The normalized spacial score (nSPS) is 10.4. The molecule has 2 nitrogen and oxygen atoms in total. The van der Waals surface area contributed by atoms with Crippen LogP contribution in [0.2, 0.25) is 0 Å². The predicted octanol–water partition coefficient (Wildman–Crippen LogP) is 4.05. The number of benzene rings is 2. The van der Waals surface area contributed by atoms with E-state index >= 15 is 0 Å². The second kappa shape index (κ2) is 5.82. The van der Waals surface area contributed by atoms with Gasteiger partial charge in [-0.1, -0.05) is 6.07 Å². The Morgan fingerprint density at radius 2 is 1.90 bits per heavy atom. The Hall–Kier alpha value is -2.23. The molecule has 0 amide bonds. The lowest BCUT2D eigenvalue weighted by atomic mass is 10.1. The fourth-order valence-electron chi connectivity index (χ4n) is 1.83. The Bertz CT molecular complexity index is 651. The largest absolute Gasteiger partial charge is 0.488 e. The molecule has 0 saturated heterocycles. The van der Waals surface area contributed by atoms with Gasteiger partial charge in [-0.3, -0.25) is 4.79 Å². The molecule has 2 aromatic rings. The number of carbonyl (C=O) groups excluding carboxylic acids is 1. The highest BCUT2D eigenvalue weighted by Crippen LogP contribution is 2.22. The average molecular weight is 276 g/mol. The second-order valence-electron chi connectivity index (χ2n) is 4.58. The van der Waals surface area contributed by atoms with Gasteiger partial charge in [-0.2, -0.15) is 0 Å². The van der Waals surface area contributed by atoms with Crippen LogP contribution in [0.15, 0.2) is 36.4 Å². The first-order valence-electron chi connectivity index (χ1n) is 6.15. The SMILES string of the molecule is CC(=O)c1ccc(C)cc1OCc1ccc(F)cc1F. The molecule has 0 spiro atoms. The lowest BCUT2D eigenvalue weighted by Crippen LogP contribution is -2.03. The monoisotopic (exact) mass is 276 g/mol. The smallest absolute Gasteiger partial charge is 0.163 e. The minimum Gasteiger partial charge on any atom is -0.488 e. The summed E-state index contributed by atoms with van der Waals surface area (Å²) in [6.07, 6.45) is 0. The summed E-state index contributed by atoms with van der Waals surface area (Å²) in [5.41, 5.74) is 1.62. The molecule has 20 heavy (non-hydrogen) atoms. The fourth-order valence-corrected chi connectivity index (χ4v) is 1.83. The molecule has 0 aliphatic rings. The Morgan fingerprint density at radius 3 is 2.55 bits per heavy atom. The van der Waals surface area contributed by atoms with E-state index in [1.54, 1.807) is 12.1 Å². The summed E-state index contributed by atoms with van der Waals surface area (Å²) in [6, 6.07) is 8.51. The van der Waals surface area contributed by atoms with Crippen molar-refractivity contribution in [1.82, 2.24) is 0 Å². The van der Waals surface area contributed by atoms with E-state index in [4.69, 9.17) is 4.74 Å². The van der Waals surface area contributed by atoms with Gasteiger partial charge in [-0.15, -0.1) is 0 Å². The average Bonchev–Trinajstić information content (AvgIpc) is 2.37. The van der Waals surface area contributed by atoms with E-state index < -0.39 is 11.6 Å². The van der Waals surface area contributed by atoms with Crippen molar-refractivity contribution < 1.29 is 18.3 Å². The molecule has 0 fully saturated rings. The van der Waals surface area contributed by atoms with Crippen LogP contribution in [-0.4, -0.2) is 5.78 Å². The number of ether oxygens (including phenoxy) is 1. The zero-order valence-electron chi connectivity index (χ0n) is 11.2. The molecule has 0 radical (unpaired) electrons. The zero-order valence-corrected chi connectivity index (χ0v) is 11.2. The maximum atomic E-state index is 13.5. The minimum atomic E-state index is -0.665. The predicted molar refractivity (Wildman–Crippen MR) is 71.9 cm³/mol. The molecule has 2 aromatic carbocycles. The molecule has 0 atom stereocenters. The zero-order chi connectivity index (χ0) is 14.7. The molecule has 0 aliphatic carbocycles. The highest BCUT2D eigenvalue weighted by molar-refractivity contribution is 5.96. The van der Waals surface area contributed by atoms with Gasteiger partial charge < -0.3 is 4.74 Å². The maximum absolute atomic E-state index is 13.5. The van der Waals surface area contributed by atoms with E-state index in [1.807, 2.05) is 13.0 Å². The first-order valence-corrected chi connectivity index (χ1v) is 6.15. The van der Waals surface area contributed by atoms with Crippen LogP contribution >= 0.6 is 0 Å². The molecular weight excluding hydrogens is 262 g/mol. The molecule has 0 aliphatic heterocycles. The van der Waals surface area contributed by atoms with Crippen molar-refractivity contribution in [1.29, 1.82) is 0 Å². The summed E-state index contributed by atoms with van der Waals surface area (Å²) >= 11 is 0. The third-order valence-corrected chi connectivity index (χ3v) is 2.91. The molecule has 104 valence electrons. The van der Waals surface area contributed by atoms with Crippen LogP contribution in [0.3, 0.4) is 0 Å². The number of rotatable bonds is 4. The standard InChI is InChI=1S/C16H14F2O2/c1-10-3-6-14(11(2)19)16(7-10)20-9-12-4-5-13(17)8-15(12)18/h3-8H,9H2,1-2H3. The van der Waals surface area contributed by atoms with Gasteiger partial charge in [0, 0.05) is 11.6 Å². The van der Waals surface area contributed by atoms with Crippen molar-refractivity contribution in [3.05, 3.63) is 64.7 Å². The Balaban J connectivity index is 2.22. The van der Waals surface area contributed by atoms with Gasteiger partial charge >= 0.3 is 0 Å². The van der Waals surface area contributed by atoms with E-state index in [9.17, 15) is 13.6 Å². The van der Waals surface area contributed by atoms with Gasteiger partial charge in [0.25, 0.3) is 0 Å². The fraction of sp³-hybridized carbons (Fsp3) is 0.188. The van der Waals surface area contributed by atoms with Crippen LogP contribution in [0.4, 0.5) is 8.78 Å². The molecule has 4 heteroatoms. The van der Waals surface area contributed by atoms with Crippen molar-refractivity contribution in [2.24, 2.45) is 0 Å². The summed E-state index contributed by atoms with van der Waals surface area (Å²) in [6.45, 7) is 3.25. The minimum absolute atomic E-state index is 0.0597. The number of hydrogen-bond donors (Lipinski definition) is 0. The number of aryl methyl sites for hydroxylation is 1. The van der Waals surface area contributed by atoms with Crippen LogP contribution < -0.4 is 4.74 Å². The Kier molecular flexibility index (Phi) is 4.13. The second-order valence-corrected chi connectivity index (χ2v) is 4.58. The van der Waals surface area contributed by atoms with Gasteiger partial charge in [0.2, 0.25) is 0 Å². The highest BCUT2D eigenvalue weighted by atomic mass is 19.1. The number of hydrogen-bond acceptors (Lipinski definition) is 2. The molecular formula is C16H14F2O2. The van der Waals surface area contributed by atoms with Crippen LogP contribution in [0.5, 0.6) is 5.75 Å². The number of carbonyl (C=O) groups is 1. The van der Waals surface area contributed by atoms with E-state index in [2.05, 4.69) is 0 Å². The quantitative estimate of drug-likeness (QED) is 0.787. The Labute approximate surface area is 116 Å². The molecule has 0 aromatic heterocycles. The molecule has 0 saturated carbocycles. The molecule has 0 N–H and O–H groups in total. The van der Waals surface area contributed by atoms with E-state index in [-0.39, 0.29) is 18.0 Å². The summed E-state index contributed by atoms with van der Waals surface area (Å²) in [4.78, 5) is 11.5. The molecule has 0 bridgehead atoms. The number of halogens is 2. The van der Waals surface area contributed by atoms with Crippen molar-refractivity contribution >= 4 is 5.78 Å². The Morgan fingerprint density at radius 1 is 1.15 bits per heavy atom. The van der Waals surface area contributed by atoms with E-state index in [0.717, 1.165) is 11.6 Å². The summed E-state index contributed by atoms with van der Waals surface area (Å²) in [5, 5.41) is 0. The van der Waals surface area contributed by atoms with E-state index in [0.29, 0.717) is 11.3 Å². The highest BCUT2D eigenvalue weighted by Gasteiger charge is 2.10. The topological polar surface area (TPSA) is 26.3 Å². The summed E-state index contributed by atoms with van der Waals surface area (Å²) < 4.78 is 31.8. The van der Waals surface area contributed by atoms with Crippen LogP contribution in [0, 0.1) is 18.6 Å². The summed E-state index contributed by atoms with van der Waals surface area (Å²) in [7, 11) is 0. The maximum Gasteiger partial charge on any atom is 0.163 e. The van der Waals surface area contributed by atoms with Gasteiger partial charge in [0.1, 0.15) is 24.0 Å².